The van der Waals surface area contributed by atoms with Crippen molar-refractivity contribution in [2.45, 2.75) is 213 Å². The number of hydrogen-bond donors (Lipinski definition) is 0. The lowest BCUT2D eigenvalue weighted by Gasteiger charge is -2.29. The first-order chi connectivity index (χ1) is 18.1. The fourth-order valence-corrected chi connectivity index (χ4v) is 7.23. The van der Waals surface area contributed by atoms with Gasteiger partial charge in [0.1, 0.15) is 0 Å². The number of unbranched alkanes of at least 4 members (excludes halogenated alkanes) is 23. The van der Waals surface area contributed by atoms with Gasteiger partial charge in [0.2, 0.25) is 0 Å². The van der Waals surface area contributed by atoms with Crippen molar-refractivity contribution >= 4 is 16.6 Å². The van der Waals surface area contributed by atoms with Crippen LogP contribution in [0.15, 0.2) is 0 Å². The summed E-state index contributed by atoms with van der Waals surface area (Å²) in [5.74, 6) is 0. The van der Waals surface area contributed by atoms with Crippen molar-refractivity contribution < 1.29 is 8.85 Å². The Morgan fingerprint density at radius 1 is 0.395 bits per heavy atom. The van der Waals surface area contributed by atoms with E-state index in [1.165, 1.54) is 161 Å². The van der Waals surface area contributed by atoms with Crippen LogP contribution in [0.2, 0.25) is 39.3 Å². The molecule has 0 aliphatic rings. The van der Waals surface area contributed by atoms with Crippen LogP contribution in [0.1, 0.15) is 167 Å². The fourth-order valence-electron chi connectivity index (χ4n) is 5.35. The standard InChI is InChI=1S/C34H74O2Si2/c1-8-9-10-11-12-13-14-15-16-17-18-19-20-21-22-23-24-25-26-27-28-29-30-31-32-34(36-38(5,6)7)33-35-37(2,3)4/h34H,8-33H2,1-7H3. The highest BCUT2D eigenvalue weighted by Crippen LogP contribution is 2.18. The first-order valence-electron chi connectivity index (χ1n) is 17.5. The largest absolute Gasteiger partial charge is 0.415 e. The van der Waals surface area contributed by atoms with Crippen molar-refractivity contribution in [3.05, 3.63) is 0 Å². The van der Waals surface area contributed by atoms with Crippen LogP contribution in [-0.4, -0.2) is 29.3 Å². The van der Waals surface area contributed by atoms with Crippen LogP contribution in [-0.2, 0) is 8.85 Å². The molecular weight excluding hydrogens is 497 g/mol. The second kappa shape index (κ2) is 26.3. The Balaban J connectivity index is 3.37. The summed E-state index contributed by atoms with van der Waals surface area (Å²) in [7, 11) is -2.96. The third-order valence-electron chi connectivity index (χ3n) is 7.60. The van der Waals surface area contributed by atoms with E-state index in [9.17, 15) is 0 Å². The van der Waals surface area contributed by atoms with Gasteiger partial charge in [-0.25, -0.2) is 0 Å². The van der Waals surface area contributed by atoms with E-state index in [2.05, 4.69) is 46.2 Å². The third kappa shape index (κ3) is 32.6. The summed E-state index contributed by atoms with van der Waals surface area (Å²) in [6.07, 6.45) is 36.2. The van der Waals surface area contributed by atoms with E-state index in [1.807, 2.05) is 0 Å². The van der Waals surface area contributed by atoms with Gasteiger partial charge >= 0.3 is 0 Å². The van der Waals surface area contributed by atoms with Crippen molar-refractivity contribution in [1.29, 1.82) is 0 Å². The molecule has 0 amide bonds. The Labute approximate surface area is 244 Å². The maximum atomic E-state index is 6.42. The monoisotopic (exact) mass is 571 g/mol. The van der Waals surface area contributed by atoms with Crippen LogP contribution in [0, 0.1) is 0 Å². The maximum Gasteiger partial charge on any atom is 0.184 e. The molecule has 230 valence electrons. The summed E-state index contributed by atoms with van der Waals surface area (Å²) < 4.78 is 12.6. The van der Waals surface area contributed by atoms with Crippen molar-refractivity contribution in [3.63, 3.8) is 0 Å². The molecule has 1 atom stereocenters. The molecular formula is C34H74O2Si2. The molecule has 0 aromatic carbocycles. The molecule has 0 bridgehead atoms. The highest BCUT2D eigenvalue weighted by atomic mass is 28.4. The Bertz CT molecular complexity index is 470. The van der Waals surface area contributed by atoms with Crippen LogP contribution in [0.4, 0.5) is 0 Å². The lowest BCUT2D eigenvalue weighted by molar-refractivity contribution is 0.109. The fraction of sp³-hybridized carbons (Fsp3) is 1.00. The van der Waals surface area contributed by atoms with Gasteiger partial charge < -0.3 is 8.85 Å². The van der Waals surface area contributed by atoms with Gasteiger partial charge in [-0.05, 0) is 45.7 Å². The van der Waals surface area contributed by atoms with Crippen LogP contribution < -0.4 is 0 Å². The highest BCUT2D eigenvalue weighted by molar-refractivity contribution is 6.70. The first-order valence-corrected chi connectivity index (χ1v) is 24.3. The zero-order chi connectivity index (χ0) is 28.4. The summed E-state index contributed by atoms with van der Waals surface area (Å²) in [6.45, 7) is 16.8. The Morgan fingerprint density at radius 3 is 0.947 bits per heavy atom. The van der Waals surface area contributed by atoms with E-state index in [4.69, 9.17) is 8.85 Å². The predicted molar refractivity (Wildman–Crippen MR) is 179 cm³/mol. The maximum absolute atomic E-state index is 6.42. The topological polar surface area (TPSA) is 18.5 Å². The molecule has 0 saturated carbocycles. The highest BCUT2D eigenvalue weighted by Gasteiger charge is 2.23. The minimum Gasteiger partial charge on any atom is -0.415 e. The molecule has 0 fully saturated rings. The van der Waals surface area contributed by atoms with Crippen molar-refractivity contribution in [1.82, 2.24) is 0 Å². The van der Waals surface area contributed by atoms with Crippen LogP contribution >= 0.6 is 0 Å². The Kier molecular flexibility index (Phi) is 26.5. The summed E-state index contributed by atoms with van der Waals surface area (Å²) in [6, 6.07) is 0. The van der Waals surface area contributed by atoms with Gasteiger partial charge in [-0.1, -0.05) is 161 Å². The van der Waals surface area contributed by atoms with Gasteiger partial charge in [0, 0.05) is 0 Å². The average Bonchev–Trinajstić information content (AvgIpc) is 2.83. The van der Waals surface area contributed by atoms with E-state index in [-0.39, 0.29) is 0 Å². The predicted octanol–water partition coefficient (Wildman–Crippen LogP) is 12.8. The van der Waals surface area contributed by atoms with Crippen LogP contribution in [0.5, 0.6) is 0 Å². The quantitative estimate of drug-likeness (QED) is 0.0631. The molecule has 4 heteroatoms. The lowest BCUT2D eigenvalue weighted by Crippen LogP contribution is -2.38. The number of rotatable bonds is 30. The van der Waals surface area contributed by atoms with Crippen molar-refractivity contribution in [3.8, 4) is 0 Å². The molecule has 0 radical (unpaired) electrons. The molecule has 0 aliphatic carbocycles. The molecule has 0 rings (SSSR count). The smallest absolute Gasteiger partial charge is 0.184 e. The van der Waals surface area contributed by atoms with Gasteiger partial charge in [-0.2, -0.15) is 0 Å². The molecule has 0 aromatic heterocycles. The summed E-state index contributed by atoms with van der Waals surface area (Å²) in [5, 5.41) is 0. The molecule has 1 unspecified atom stereocenters. The van der Waals surface area contributed by atoms with Gasteiger partial charge in [0.05, 0.1) is 12.7 Å². The van der Waals surface area contributed by atoms with E-state index in [0.29, 0.717) is 6.10 Å². The molecule has 0 N–H and O–H groups in total. The van der Waals surface area contributed by atoms with E-state index in [0.717, 1.165) is 6.61 Å². The lowest BCUT2D eigenvalue weighted by atomic mass is 10.0. The first kappa shape index (κ1) is 38.4. The summed E-state index contributed by atoms with van der Waals surface area (Å²) in [4.78, 5) is 0. The SMILES string of the molecule is CCCCCCCCCCCCCCCCCCCCCCCCCCC(CO[Si](C)(C)C)O[Si](C)(C)C. The molecule has 0 aliphatic heterocycles. The molecule has 38 heavy (non-hydrogen) atoms. The minimum absolute atomic E-state index is 0.313. The molecule has 0 saturated heterocycles. The zero-order valence-electron chi connectivity index (χ0n) is 27.8. The second-order valence-corrected chi connectivity index (χ2v) is 23.2. The Hall–Kier alpha value is 0.354. The van der Waals surface area contributed by atoms with E-state index >= 15 is 0 Å². The molecule has 0 spiro atoms. The van der Waals surface area contributed by atoms with Gasteiger partial charge in [-0.15, -0.1) is 0 Å². The van der Waals surface area contributed by atoms with Crippen molar-refractivity contribution in [2.75, 3.05) is 6.61 Å². The van der Waals surface area contributed by atoms with Gasteiger partial charge in [-0.3, -0.25) is 0 Å². The summed E-state index contributed by atoms with van der Waals surface area (Å²) >= 11 is 0. The zero-order valence-corrected chi connectivity index (χ0v) is 29.8. The summed E-state index contributed by atoms with van der Waals surface area (Å²) in [5.41, 5.74) is 0. The average molecular weight is 571 g/mol. The number of hydrogen-bond acceptors (Lipinski definition) is 2. The van der Waals surface area contributed by atoms with Crippen LogP contribution in [0.25, 0.3) is 0 Å². The van der Waals surface area contributed by atoms with E-state index in [1.54, 1.807) is 0 Å². The van der Waals surface area contributed by atoms with Gasteiger partial charge in [0.15, 0.2) is 16.6 Å². The molecule has 2 nitrogen and oxygen atoms in total. The second-order valence-electron chi connectivity index (χ2n) is 14.2. The van der Waals surface area contributed by atoms with Gasteiger partial charge in [0.25, 0.3) is 0 Å². The van der Waals surface area contributed by atoms with Crippen LogP contribution in [0.3, 0.4) is 0 Å². The van der Waals surface area contributed by atoms with Crippen molar-refractivity contribution in [2.24, 2.45) is 0 Å². The molecule has 0 heterocycles. The Morgan fingerprint density at radius 2 is 0.684 bits per heavy atom. The third-order valence-corrected chi connectivity index (χ3v) is 9.68. The van der Waals surface area contributed by atoms with E-state index < -0.39 is 16.6 Å². The molecule has 0 aromatic rings. The normalized spacial score (nSPS) is 13.3. The minimum atomic E-state index is -1.50.